The predicted molar refractivity (Wildman–Crippen MR) is 132 cm³/mol. The minimum Gasteiger partial charge on any atom is -0.465 e. The minimum absolute atomic E-state index is 0.0218. The van der Waals surface area contributed by atoms with E-state index in [0.29, 0.717) is 38.8 Å². The van der Waals surface area contributed by atoms with Crippen molar-refractivity contribution in [3.05, 3.63) is 25.3 Å². The first-order valence-corrected chi connectivity index (χ1v) is 13.2. The van der Waals surface area contributed by atoms with E-state index >= 15 is 0 Å². The second-order valence-electron chi connectivity index (χ2n) is 9.97. The molecule has 0 aliphatic carbocycles. The quantitative estimate of drug-likeness (QED) is 0.215. The van der Waals surface area contributed by atoms with Gasteiger partial charge >= 0.3 is 5.97 Å². The number of aliphatic hydroxyl groups excluding tert-OH is 1. The molecule has 3 aliphatic heterocycles. The van der Waals surface area contributed by atoms with Gasteiger partial charge in [-0.05, 0) is 38.5 Å². The highest BCUT2D eigenvalue weighted by Crippen LogP contribution is 2.64. The normalized spacial score (nSPS) is 30.9. The molecule has 3 rings (SSSR count). The molecule has 2 bridgehead atoms. The first kappa shape index (κ1) is 27.4. The number of carbonyl (C=O) groups excluding carboxylic acids is 3. The second-order valence-corrected chi connectivity index (χ2v) is 9.97. The van der Waals surface area contributed by atoms with Crippen LogP contribution in [0.3, 0.4) is 0 Å². The molecule has 0 radical (unpaired) electrons. The molecular weight excluding hydrogens is 448 g/mol. The van der Waals surface area contributed by atoms with Crippen LogP contribution in [0.25, 0.3) is 0 Å². The lowest BCUT2D eigenvalue weighted by molar-refractivity contribution is -0.162. The van der Waals surface area contributed by atoms with Gasteiger partial charge in [0.25, 0.3) is 0 Å². The van der Waals surface area contributed by atoms with Gasteiger partial charge in [0.15, 0.2) is 0 Å². The molecule has 0 aromatic rings. The van der Waals surface area contributed by atoms with E-state index in [9.17, 15) is 19.5 Å². The van der Waals surface area contributed by atoms with E-state index in [1.165, 1.54) is 4.90 Å². The Bertz CT molecular complexity index is 815. The predicted octanol–water partition coefficient (Wildman–Crippen LogP) is 2.85. The van der Waals surface area contributed by atoms with Crippen LogP contribution in [-0.4, -0.2) is 82.8 Å². The average Bonchev–Trinajstić information content (AvgIpc) is 3.45. The van der Waals surface area contributed by atoms with Crippen LogP contribution in [-0.2, 0) is 23.9 Å². The van der Waals surface area contributed by atoms with Gasteiger partial charge in [-0.25, -0.2) is 0 Å². The van der Waals surface area contributed by atoms with Crippen LogP contribution in [0, 0.1) is 11.8 Å². The smallest absolute Gasteiger partial charge is 0.312 e. The van der Waals surface area contributed by atoms with E-state index in [2.05, 4.69) is 20.1 Å². The Balaban J connectivity index is 1.95. The summed E-state index contributed by atoms with van der Waals surface area (Å²) in [5.74, 6) is -2.47. The summed E-state index contributed by atoms with van der Waals surface area (Å²) < 4.78 is 12.3. The number of esters is 1. The van der Waals surface area contributed by atoms with Crippen LogP contribution < -0.4 is 0 Å². The molecular formula is C27H42N2O6. The Hall–Kier alpha value is -2.19. The van der Waals surface area contributed by atoms with Crippen molar-refractivity contribution in [2.24, 2.45) is 11.8 Å². The van der Waals surface area contributed by atoms with Crippen molar-refractivity contribution in [2.45, 2.75) is 82.5 Å². The number of likely N-dealkylation sites (tertiary alicyclic amines) is 1. The lowest BCUT2D eigenvalue weighted by Crippen LogP contribution is -2.56. The van der Waals surface area contributed by atoms with Crippen LogP contribution in [0.5, 0.6) is 0 Å². The van der Waals surface area contributed by atoms with Gasteiger partial charge in [0.05, 0.1) is 24.7 Å². The molecule has 3 aliphatic rings. The van der Waals surface area contributed by atoms with E-state index in [4.69, 9.17) is 9.47 Å². The largest absolute Gasteiger partial charge is 0.465 e. The molecule has 8 heteroatoms. The van der Waals surface area contributed by atoms with Crippen LogP contribution >= 0.6 is 0 Å². The van der Waals surface area contributed by atoms with Crippen molar-refractivity contribution in [1.29, 1.82) is 0 Å². The van der Waals surface area contributed by atoms with Crippen molar-refractivity contribution >= 4 is 17.8 Å². The number of fused-ring (bicyclic) bond motifs is 1. The average molecular weight is 491 g/mol. The maximum Gasteiger partial charge on any atom is 0.312 e. The Labute approximate surface area is 209 Å². The first-order valence-electron chi connectivity index (χ1n) is 13.2. The molecule has 0 saturated carbocycles. The maximum atomic E-state index is 14.0. The third kappa shape index (κ3) is 4.79. The summed E-state index contributed by atoms with van der Waals surface area (Å²) in [5, 5.41) is 9.75. The minimum atomic E-state index is -1.09. The van der Waals surface area contributed by atoms with E-state index in [0.717, 1.165) is 25.7 Å². The lowest BCUT2D eigenvalue weighted by atomic mass is 9.65. The third-order valence-corrected chi connectivity index (χ3v) is 8.00. The molecule has 1 spiro atoms. The Morgan fingerprint density at radius 1 is 1.23 bits per heavy atom. The number of hydrogen-bond acceptors (Lipinski definition) is 6. The van der Waals surface area contributed by atoms with E-state index < -0.39 is 35.0 Å². The Morgan fingerprint density at radius 2 is 2.00 bits per heavy atom. The number of β-amino-alcohol motifs (C(OH)–C–C–N with tert-alkyl or cyclic N) is 1. The number of unbranched alkanes of at least 4 members (excludes halogenated alkanes) is 3. The number of ether oxygens (including phenoxy) is 2. The van der Waals surface area contributed by atoms with Gasteiger partial charge in [0.2, 0.25) is 11.8 Å². The summed E-state index contributed by atoms with van der Waals surface area (Å²) >= 11 is 0. The molecule has 1 N–H and O–H groups in total. The number of allylic oxidation sites excluding steroid dienone is 1. The SMILES string of the molecule is C=CCCCOC(=O)[C@H]1[C@H]2C(=O)N(CCO)C(C(=O)N(CC=C)CCCCC)C23CC[C@]1(CC)O3. The molecule has 3 saturated heterocycles. The van der Waals surface area contributed by atoms with Gasteiger partial charge in [-0.15, -0.1) is 13.2 Å². The molecule has 3 heterocycles. The van der Waals surface area contributed by atoms with Crippen molar-refractivity contribution < 1.29 is 29.0 Å². The van der Waals surface area contributed by atoms with E-state index in [-0.39, 0.29) is 31.6 Å². The Morgan fingerprint density at radius 3 is 2.63 bits per heavy atom. The van der Waals surface area contributed by atoms with Gasteiger partial charge in [0.1, 0.15) is 17.6 Å². The lowest BCUT2D eigenvalue weighted by Gasteiger charge is -2.36. The number of amides is 2. The molecule has 5 atom stereocenters. The summed E-state index contributed by atoms with van der Waals surface area (Å²) in [7, 11) is 0. The van der Waals surface area contributed by atoms with Crippen LogP contribution in [0.2, 0.25) is 0 Å². The van der Waals surface area contributed by atoms with Crippen LogP contribution in [0.4, 0.5) is 0 Å². The fourth-order valence-electron chi connectivity index (χ4n) is 6.37. The topological polar surface area (TPSA) is 96.4 Å². The van der Waals surface area contributed by atoms with E-state index in [1.54, 1.807) is 17.1 Å². The number of carbonyl (C=O) groups is 3. The summed E-state index contributed by atoms with van der Waals surface area (Å²) in [6.07, 6.45) is 9.40. The third-order valence-electron chi connectivity index (χ3n) is 8.00. The molecule has 2 amide bonds. The van der Waals surface area contributed by atoms with Crippen LogP contribution in [0.15, 0.2) is 25.3 Å². The zero-order valence-electron chi connectivity index (χ0n) is 21.4. The summed E-state index contributed by atoms with van der Waals surface area (Å²) in [6, 6.07) is -0.874. The highest BCUT2D eigenvalue weighted by Gasteiger charge is 2.79. The first-order chi connectivity index (χ1) is 16.9. The highest BCUT2D eigenvalue weighted by atomic mass is 16.6. The monoisotopic (exact) mass is 490 g/mol. The molecule has 2 unspecified atom stereocenters. The Kier molecular flexibility index (Phi) is 9.16. The fourth-order valence-corrected chi connectivity index (χ4v) is 6.37. The number of aliphatic hydroxyl groups is 1. The molecule has 3 fully saturated rings. The molecule has 35 heavy (non-hydrogen) atoms. The summed E-state index contributed by atoms with van der Waals surface area (Å²) in [5.41, 5.74) is -1.90. The van der Waals surface area contributed by atoms with Crippen molar-refractivity contribution in [1.82, 2.24) is 9.80 Å². The summed E-state index contributed by atoms with van der Waals surface area (Å²) in [6.45, 7) is 12.5. The van der Waals surface area contributed by atoms with Gasteiger partial charge in [-0.1, -0.05) is 38.8 Å². The molecule has 0 aromatic carbocycles. The van der Waals surface area contributed by atoms with Crippen molar-refractivity contribution in [2.75, 3.05) is 32.8 Å². The number of rotatable bonds is 15. The van der Waals surface area contributed by atoms with Crippen LogP contribution in [0.1, 0.15) is 65.2 Å². The molecule has 8 nitrogen and oxygen atoms in total. The number of hydrogen-bond donors (Lipinski definition) is 1. The second kappa shape index (κ2) is 11.7. The zero-order chi connectivity index (χ0) is 25.6. The highest BCUT2D eigenvalue weighted by molar-refractivity contribution is 5.98. The van der Waals surface area contributed by atoms with Gasteiger partial charge in [-0.2, -0.15) is 0 Å². The van der Waals surface area contributed by atoms with Crippen molar-refractivity contribution in [3.63, 3.8) is 0 Å². The fraction of sp³-hybridized carbons (Fsp3) is 0.741. The number of nitrogens with zero attached hydrogens (tertiary/aromatic N) is 2. The van der Waals surface area contributed by atoms with Crippen molar-refractivity contribution in [3.8, 4) is 0 Å². The maximum absolute atomic E-state index is 14.0. The van der Waals surface area contributed by atoms with Gasteiger partial charge in [0, 0.05) is 19.6 Å². The van der Waals surface area contributed by atoms with Gasteiger partial charge < -0.3 is 24.4 Å². The summed E-state index contributed by atoms with van der Waals surface area (Å²) in [4.78, 5) is 44.3. The van der Waals surface area contributed by atoms with E-state index in [1.807, 2.05) is 6.92 Å². The molecule has 196 valence electrons. The van der Waals surface area contributed by atoms with Gasteiger partial charge in [-0.3, -0.25) is 14.4 Å². The molecule has 0 aromatic heterocycles. The zero-order valence-corrected chi connectivity index (χ0v) is 21.4. The standard InChI is InChI=1S/C27H42N2O6/c1-5-9-11-16-28(15-7-3)24(32)22-27-14-13-26(8-4,35-27)21(25(33)34-19-12-10-6-2)20(27)23(31)29(22)17-18-30/h6-7,20-22,30H,2-3,5,8-19H2,1,4H3/t20-,21+,22?,26-,27?/m0/s1.